The molecular formula is C26H26N2O2. The fraction of sp³-hybridized carbons (Fsp3) is 0.231. The molecule has 1 aliphatic heterocycles. The summed E-state index contributed by atoms with van der Waals surface area (Å²) in [6, 6.07) is 25.1. The van der Waals surface area contributed by atoms with Gasteiger partial charge in [-0.3, -0.25) is 9.59 Å². The van der Waals surface area contributed by atoms with Gasteiger partial charge < -0.3 is 9.80 Å². The molecule has 4 nitrogen and oxygen atoms in total. The maximum Gasteiger partial charge on any atom is 0.258 e. The summed E-state index contributed by atoms with van der Waals surface area (Å²) >= 11 is 0. The highest BCUT2D eigenvalue weighted by Gasteiger charge is 2.37. The van der Waals surface area contributed by atoms with Crippen molar-refractivity contribution in [1.29, 1.82) is 0 Å². The Morgan fingerprint density at radius 1 is 0.900 bits per heavy atom. The van der Waals surface area contributed by atoms with E-state index >= 15 is 0 Å². The number of rotatable bonds is 3. The number of nitrogens with zero attached hydrogens (tertiary/aromatic N) is 2. The van der Waals surface area contributed by atoms with Crippen LogP contribution in [0, 0.1) is 6.92 Å². The Morgan fingerprint density at radius 2 is 1.53 bits per heavy atom. The van der Waals surface area contributed by atoms with Gasteiger partial charge in [-0.2, -0.15) is 0 Å². The normalized spacial score (nSPS) is 17.9. The molecule has 0 saturated carbocycles. The van der Waals surface area contributed by atoms with E-state index in [1.807, 2.05) is 95.6 Å². The molecule has 0 saturated heterocycles. The van der Waals surface area contributed by atoms with Crippen molar-refractivity contribution < 1.29 is 9.59 Å². The Morgan fingerprint density at radius 3 is 2.20 bits per heavy atom. The molecule has 1 heterocycles. The van der Waals surface area contributed by atoms with E-state index in [0.29, 0.717) is 12.0 Å². The monoisotopic (exact) mass is 398 g/mol. The number of hydrogen-bond acceptors (Lipinski definition) is 2. The second-order valence-electron chi connectivity index (χ2n) is 7.93. The average molecular weight is 399 g/mol. The molecule has 2 amide bonds. The highest BCUT2D eigenvalue weighted by Crippen LogP contribution is 2.42. The summed E-state index contributed by atoms with van der Waals surface area (Å²) in [4.78, 5) is 29.8. The zero-order valence-corrected chi connectivity index (χ0v) is 17.6. The van der Waals surface area contributed by atoms with Gasteiger partial charge in [-0.15, -0.1) is 0 Å². The number of aryl methyl sites for hydroxylation is 1. The summed E-state index contributed by atoms with van der Waals surface area (Å²) in [5, 5.41) is 0. The lowest BCUT2D eigenvalue weighted by Crippen LogP contribution is -2.47. The first kappa shape index (κ1) is 19.9. The van der Waals surface area contributed by atoms with Gasteiger partial charge in [0.05, 0.1) is 6.04 Å². The Labute approximate surface area is 177 Å². The number of hydrogen-bond donors (Lipinski definition) is 0. The van der Waals surface area contributed by atoms with Crippen LogP contribution in [0.1, 0.15) is 47.8 Å². The standard InChI is InChI=1S/C26H26N2O2/c1-18-13-15-22(16-14-18)28(20(3)29)25-17-19(2)27(24-12-8-7-11-23(24)25)26(30)21-9-5-4-6-10-21/h4-16,19,25H,17H2,1-3H3/t19-,25+/m0/s1. The molecule has 0 bridgehead atoms. The van der Waals surface area contributed by atoms with E-state index in [1.165, 1.54) is 0 Å². The van der Waals surface area contributed by atoms with Crippen molar-refractivity contribution in [3.63, 3.8) is 0 Å². The third-order valence-corrected chi connectivity index (χ3v) is 5.76. The maximum atomic E-state index is 13.3. The fourth-order valence-corrected chi connectivity index (χ4v) is 4.34. The minimum atomic E-state index is -0.128. The van der Waals surface area contributed by atoms with Gasteiger partial charge in [0, 0.05) is 29.9 Å². The first-order valence-corrected chi connectivity index (χ1v) is 10.3. The van der Waals surface area contributed by atoms with Gasteiger partial charge in [-0.1, -0.05) is 54.1 Å². The predicted octanol–water partition coefficient (Wildman–Crippen LogP) is 5.53. The van der Waals surface area contributed by atoms with E-state index in [4.69, 9.17) is 0 Å². The molecule has 0 N–H and O–H groups in total. The molecule has 152 valence electrons. The number of para-hydroxylation sites is 1. The van der Waals surface area contributed by atoms with Gasteiger partial charge in [0.15, 0.2) is 0 Å². The van der Waals surface area contributed by atoms with Crippen molar-refractivity contribution in [2.24, 2.45) is 0 Å². The third-order valence-electron chi connectivity index (χ3n) is 5.76. The molecule has 0 aliphatic carbocycles. The summed E-state index contributed by atoms with van der Waals surface area (Å²) in [6.45, 7) is 5.69. The van der Waals surface area contributed by atoms with Crippen LogP contribution < -0.4 is 9.80 Å². The van der Waals surface area contributed by atoms with Crippen LogP contribution in [0.25, 0.3) is 0 Å². The first-order valence-electron chi connectivity index (χ1n) is 10.3. The Hall–Kier alpha value is -3.40. The van der Waals surface area contributed by atoms with Gasteiger partial charge >= 0.3 is 0 Å². The van der Waals surface area contributed by atoms with Crippen LogP contribution in [0.15, 0.2) is 78.9 Å². The number of anilines is 2. The van der Waals surface area contributed by atoms with Crippen LogP contribution in [-0.4, -0.2) is 17.9 Å². The number of fused-ring (bicyclic) bond motifs is 1. The van der Waals surface area contributed by atoms with Crippen LogP contribution in [0.5, 0.6) is 0 Å². The van der Waals surface area contributed by atoms with Gasteiger partial charge in [0.25, 0.3) is 5.91 Å². The van der Waals surface area contributed by atoms with E-state index in [2.05, 4.69) is 6.92 Å². The summed E-state index contributed by atoms with van der Waals surface area (Å²) in [5.74, 6) is -0.0209. The number of carbonyl (C=O) groups is 2. The molecule has 4 rings (SSSR count). The van der Waals surface area contributed by atoms with Crippen molar-refractivity contribution in [2.45, 2.75) is 39.3 Å². The minimum Gasteiger partial charge on any atom is -0.305 e. The van der Waals surface area contributed by atoms with Crippen molar-refractivity contribution >= 4 is 23.2 Å². The topological polar surface area (TPSA) is 40.6 Å². The second-order valence-corrected chi connectivity index (χ2v) is 7.93. The lowest BCUT2D eigenvalue weighted by molar-refractivity contribution is -0.117. The zero-order valence-electron chi connectivity index (χ0n) is 17.6. The molecule has 3 aromatic carbocycles. The van der Waals surface area contributed by atoms with Crippen LogP contribution in [-0.2, 0) is 4.79 Å². The van der Waals surface area contributed by atoms with Crippen LogP contribution in [0.3, 0.4) is 0 Å². The van der Waals surface area contributed by atoms with Crippen LogP contribution in [0.2, 0.25) is 0 Å². The third kappa shape index (κ3) is 3.61. The van der Waals surface area contributed by atoms with E-state index in [-0.39, 0.29) is 23.9 Å². The van der Waals surface area contributed by atoms with Gasteiger partial charge in [0.2, 0.25) is 5.91 Å². The van der Waals surface area contributed by atoms with Crippen molar-refractivity contribution in [2.75, 3.05) is 9.80 Å². The van der Waals surface area contributed by atoms with Crippen molar-refractivity contribution in [1.82, 2.24) is 0 Å². The molecule has 3 aromatic rings. The summed E-state index contributed by atoms with van der Waals surface area (Å²) in [6.07, 6.45) is 0.670. The summed E-state index contributed by atoms with van der Waals surface area (Å²) < 4.78 is 0. The molecule has 0 unspecified atom stereocenters. The Kier molecular flexibility index (Phi) is 5.40. The highest BCUT2D eigenvalue weighted by molar-refractivity contribution is 6.07. The lowest BCUT2D eigenvalue weighted by Gasteiger charge is -2.43. The summed E-state index contributed by atoms with van der Waals surface area (Å²) in [5.41, 5.74) is 4.56. The minimum absolute atomic E-state index is 0.00584. The highest BCUT2D eigenvalue weighted by atomic mass is 16.2. The Balaban J connectivity index is 1.78. The van der Waals surface area contributed by atoms with Gasteiger partial charge in [-0.25, -0.2) is 0 Å². The Bertz CT molecular complexity index is 1060. The molecule has 0 spiro atoms. The molecule has 0 fully saturated rings. The number of benzene rings is 3. The van der Waals surface area contributed by atoms with E-state index in [1.54, 1.807) is 6.92 Å². The van der Waals surface area contributed by atoms with Gasteiger partial charge in [0.1, 0.15) is 0 Å². The van der Waals surface area contributed by atoms with Gasteiger partial charge in [-0.05, 0) is 56.2 Å². The molecule has 30 heavy (non-hydrogen) atoms. The SMILES string of the molecule is CC(=O)N(c1ccc(C)cc1)[C@@H]1C[C@H](C)N(C(=O)c2ccccc2)c2ccccc21. The van der Waals surface area contributed by atoms with E-state index in [0.717, 1.165) is 22.5 Å². The van der Waals surface area contributed by atoms with E-state index < -0.39 is 0 Å². The maximum absolute atomic E-state index is 13.3. The van der Waals surface area contributed by atoms with Crippen LogP contribution in [0.4, 0.5) is 11.4 Å². The quantitative estimate of drug-likeness (QED) is 0.582. The number of amides is 2. The second kappa shape index (κ2) is 8.15. The predicted molar refractivity (Wildman–Crippen MR) is 121 cm³/mol. The lowest BCUT2D eigenvalue weighted by atomic mass is 9.89. The zero-order chi connectivity index (χ0) is 21.3. The van der Waals surface area contributed by atoms with Crippen molar-refractivity contribution in [3.8, 4) is 0 Å². The number of carbonyl (C=O) groups excluding carboxylic acids is 2. The molecule has 2 atom stereocenters. The van der Waals surface area contributed by atoms with Crippen LogP contribution >= 0.6 is 0 Å². The fourth-order valence-electron chi connectivity index (χ4n) is 4.34. The first-order chi connectivity index (χ1) is 14.5. The van der Waals surface area contributed by atoms with E-state index in [9.17, 15) is 9.59 Å². The molecular weight excluding hydrogens is 372 g/mol. The molecule has 0 aromatic heterocycles. The van der Waals surface area contributed by atoms with Crippen molar-refractivity contribution in [3.05, 3.63) is 95.6 Å². The average Bonchev–Trinajstić information content (AvgIpc) is 2.75. The molecule has 4 heteroatoms. The summed E-state index contributed by atoms with van der Waals surface area (Å²) in [7, 11) is 0. The largest absolute Gasteiger partial charge is 0.305 e. The molecule has 0 radical (unpaired) electrons. The molecule has 1 aliphatic rings. The smallest absolute Gasteiger partial charge is 0.258 e.